The highest BCUT2D eigenvalue weighted by molar-refractivity contribution is 7.99. The Morgan fingerprint density at radius 1 is 1.31 bits per heavy atom. The highest BCUT2D eigenvalue weighted by atomic mass is 32.2. The lowest BCUT2D eigenvalue weighted by Crippen LogP contribution is -2.38. The molecular weight excluding hydrogens is 220 g/mol. The molecule has 0 saturated heterocycles. The molecular formula is C12H24N2OS. The Kier molecular flexibility index (Phi) is 6.88. The van der Waals surface area contributed by atoms with Crippen LogP contribution in [-0.4, -0.2) is 37.0 Å². The minimum atomic E-state index is 0.225. The molecule has 0 heterocycles. The number of nitrogens with one attached hydrogen (secondary N) is 2. The molecule has 0 radical (unpaired) electrons. The third-order valence-electron chi connectivity index (χ3n) is 3.20. The van der Waals surface area contributed by atoms with Crippen molar-refractivity contribution < 1.29 is 4.79 Å². The average Bonchev–Trinajstić information content (AvgIpc) is 2.30. The number of hydrogen-bond donors (Lipinski definition) is 2. The SMILES string of the molecule is CNCCCC(=O)NC1CCC(SC)CC1. The topological polar surface area (TPSA) is 41.1 Å². The Labute approximate surface area is 103 Å². The maximum absolute atomic E-state index is 11.6. The molecule has 0 aliphatic heterocycles. The van der Waals surface area contributed by atoms with Crippen LogP contribution in [0.1, 0.15) is 38.5 Å². The molecule has 1 fully saturated rings. The Balaban J connectivity index is 2.10. The molecule has 3 nitrogen and oxygen atoms in total. The van der Waals surface area contributed by atoms with Crippen LogP contribution in [0.5, 0.6) is 0 Å². The summed E-state index contributed by atoms with van der Waals surface area (Å²) in [4.78, 5) is 11.6. The van der Waals surface area contributed by atoms with Crippen LogP contribution in [0.25, 0.3) is 0 Å². The van der Waals surface area contributed by atoms with Crippen LogP contribution >= 0.6 is 11.8 Å². The lowest BCUT2D eigenvalue weighted by atomic mass is 9.95. The highest BCUT2D eigenvalue weighted by Gasteiger charge is 2.21. The Morgan fingerprint density at radius 3 is 2.56 bits per heavy atom. The fourth-order valence-electron chi connectivity index (χ4n) is 2.17. The molecule has 1 amide bonds. The van der Waals surface area contributed by atoms with Crippen molar-refractivity contribution in [3.05, 3.63) is 0 Å². The maximum atomic E-state index is 11.6. The van der Waals surface area contributed by atoms with Gasteiger partial charge in [-0.25, -0.2) is 0 Å². The molecule has 0 unspecified atom stereocenters. The van der Waals surface area contributed by atoms with E-state index < -0.39 is 0 Å². The summed E-state index contributed by atoms with van der Waals surface area (Å²) in [5, 5.41) is 7.02. The van der Waals surface area contributed by atoms with E-state index in [0.29, 0.717) is 12.5 Å². The lowest BCUT2D eigenvalue weighted by Gasteiger charge is -2.28. The Hall–Kier alpha value is -0.220. The molecule has 16 heavy (non-hydrogen) atoms. The summed E-state index contributed by atoms with van der Waals surface area (Å²) < 4.78 is 0. The zero-order valence-electron chi connectivity index (χ0n) is 10.4. The fraction of sp³-hybridized carbons (Fsp3) is 0.917. The van der Waals surface area contributed by atoms with Crippen molar-refractivity contribution in [3.63, 3.8) is 0 Å². The van der Waals surface area contributed by atoms with Crippen LogP contribution < -0.4 is 10.6 Å². The van der Waals surface area contributed by atoms with Crippen LogP contribution in [0.3, 0.4) is 0 Å². The van der Waals surface area contributed by atoms with Crippen molar-refractivity contribution in [1.29, 1.82) is 0 Å². The van der Waals surface area contributed by atoms with Gasteiger partial charge in [-0.05, 0) is 52.0 Å². The second kappa shape index (κ2) is 7.96. The third kappa shape index (κ3) is 5.21. The van der Waals surface area contributed by atoms with Gasteiger partial charge in [-0.1, -0.05) is 0 Å². The fourth-order valence-corrected chi connectivity index (χ4v) is 2.91. The van der Waals surface area contributed by atoms with E-state index in [9.17, 15) is 4.79 Å². The molecule has 0 aromatic carbocycles. The smallest absolute Gasteiger partial charge is 0.220 e. The highest BCUT2D eigenvalue weighted by Crippen LogP contribution is 2.26. The van der Waals surface area contributed by atoms with Crippen LogP contribution in [0.2, 0.25) is 0 Å². The zero-order valence-corrected chi connectivity index (χ0v) is 11.2. The van der Waals surface area contributed by atoms with Gasteiger partial charge in [0, 0.05) is 17.7 Å². The number of rotatable bonds is 6. The second-order valence-corrected chi connectivity index (χ2v) is 5.62. The van der Waals surface area contributed by atoms with Gasteiger partial charge < -0.3 is 10.6 Å². The van der Waals surface area contributed by atoms with E-state index in [0.717, 1.165) is 31.1 Å². The molecule has 2 N–H and O–H groups in total. The lowest BCUT2D eigenvalue weighted by molar-refractivity contribution is -0.122. The van der Waals surface area contributed by atoms with Crippen LogP contribution in [0, 0.1) is 0 Å². The van der Waals surface area contributed by atoms with E-state index in [2.05, 4.69) is 16.9 Å². The number of thioether (sulfide) groups is 1. The molecule has 1 aliphatic rings. The average molecular weight is 244 g/mol. The predicted octanol–water partition coefficient (Wildman–Crippen LogP) is 1.78. The summed E-state index contributed by atoms with van der Waals surface area (Å²) >= 11 is 1.96. The van der Waals surface area contributed by atoms with Crippen LogP contribution in [0.4, 0.5) is 0 Å². The largest absolute Gasteiger partial charge is 0.353 e. The van der Waals surface area contributed by atoms with Crippen LogP contribution in [0.15, 0.2) is 0 Å². The van der Waals surface area contributed by atoms with E-state index in [-0.39, 0.29) is 5.91 Å². The van der Waals surface area contributed by atoms with Gasteiger partial charge in [-0.2, -0.15) is 11.8 Å². The van der Waals surface area contributed by atoms with Crippen molar-refractivity contribution in [2.24, 2.45) is 0 Å². The predicted molar refractivity (Wildman–Crippen MR) is 70.9 cm³/mol. The van der Waals surface area contributed by atoms with Crippen molar-refractivity contribution in [1.82, 2.24) is 10.6 Å². The monoisotopic (exact) mass is 244 g/mol. The summed E-state index contributed by atoms with van der Waals surface area (Å²) in [6, 6.07) is 0.436. The zero-order chi connectivity index (χ0) is 11.8. The first-order valence-corrected chi connectivity index (χ1v) is 7.51. The van der Waals surface area contributed by atoms with Crippen molar-refractivity contribution in [3.8, 4) is 0 Å². The van der Waals surface area contributed by atoms with Gasteiger partial charge >= 0.3 is 0 Å². The first-order valence-electron chi connectivity index (χ1n) is 6.23. The van der Waals surface area contributed by atoms with E-state index in [1.165, 1.54) is 12.8 Å². The normalized spacial score (nSPS) is 25.4. The van der Waals surface area contributed by atoms with E-state index in [4.69, 9.17) is 0 Å². The second-order valence-electron chi connectivity index (χ2n) is 4.48. The van der Waals surface area contributed by atoms with Gasteiger partial charge in [-0.15, -0.1) is 0 Å². The molecule has 1 aliphatic carbocycles. The van der Waals surface area contributed by atoms with Gasteiger partial charge in [-0.3, -0.25) is 4.79 Å². The molecule has 4 heteroatoms. The maximum Gasteiger partial charge on any atom is 0.220 e. The van der Waals surface area contributed by atoms with Gasteiger partial charge in [0.2, 0.25) is 5.91 Å². The van der Waals surface area contributed by atoms with Crippen molar-refractivity contribution >= 4 is 17.7 Å². The van der Waals surface area contributed by atoms with Gasteiger partial charge in [0.05, 0.1) is 0 Å². The molecule has 0 aromatic heterocycles. The molecule has 1 rings (SSSR count). The quantitative estimate of drug-likeness (QED) is 0.700. The number of hydrogen-bond acceptors (Lipinski definition) is 3. The van der Waals surface area contributed by atoms with E-state index in [1.54, 1.807) is 0 Å². The Morgan fingerprint density at radius 2 is 2.00 bits per heavy atom. The first kappa shape index (κ1) is 13.8. The molecule has 0 aromatic rings. The minimum absolute atomic E-state index is 0.225. The van der Waals surface area contributed by atoms with E-state index in [1.807, 2.05) is 18.8 Å². The van der Waals surface area contributed by atoms with Crippen LogP contribution in [-0.2, 0) is 4.79 Å². The van der Waals surface area contributed by atoms with Gasteiger partial charge in [0.25, 0.3) is 0 Å². The van der Waals surface area contributed by atoms with Gasteiger partial charge in [0.1, 0.15) is 0 Å². The number of carbonyl (C=O) groups excluding carboxylic acids is 1. The first-order chi connectivity index (χ1) is 7.76. The summed E-state index contributed by atoms with van der Waals surface area (Å²) in [5.41, 5.74) is 0. The molecule has 94 valence electrons. The molecule has 0 spiro atoms. The summed E-state index contributed by atoms with van der Waals surface area (Å²) in [7, 11) is 1.92. The van der Waals surface area contributed by atoms with Crippen molar-refractivity contribution in [2.45, 2.75) is 49.8 Å². The Bertz CT molecular complexity index is 203. The minimum Gasteiger partial charge on any atom is -0.353 e. The summed E-state index contributed by atoms with van der Waals surface area (Å²) in [6.45, 7) is 0.923. The molecule has 0 bridgehead atoms. The molecule has 1 saturated carbocycles. The summed E-state index contributed by atoms with van der Waals surface area (Å²) in [6.07, 6.45) is 8.59. The standard InChI is InChI=1S/C12H24N2OS/c1-13-9-3-4-12(15)14-10-5-7-11(16-2)8-6-10/h10-11,13H,3-9H2,1-2H3,(H,14,15). The number of carbonyl (C=O) groups is 1. The summed E-state index contributed by atoms with van der Waals surface area (Å²) in [5.74, 6) is 0.225. The van der Waals surface area contributed by atoms with Gasteiger partial charge in [0.15, 0.2) is 0 Å². The number of amides is 1. The third-order valence-corrected chi connectivity index (χ3v) is 4.34. The van der Waals surface area contributed by atoms with E-state index >= 15 is 0 Å². The van der Waals surface area contributed by atoms with Crippen molar-refractivity contribution in [2.75, 3.05) is 19.8 Å². The molecule has 0 atom stereocenters.